The minimum absolute atomic E-state index is 0.101. The molecule has 2 rings (SSSR count). The molecule has 0 aromatic heterocycles. The number of hydrogen-bond acceptors (Lipinski definition) is 3. The molecule has 0 amide bonds. The average molecular weight is 171 g/mol. The molecule has 2 fully saturated rings. The lowest BCUT2D eigenvalue weighted by molar-refractivity contribution is 0.0151. The van der Waals surface area contributed by atoms with E-state index in [2.05, 4.69) is 11.9 Å². The molecule has 0 aromatic carbocycles. The Bertz CT molecular complexity index is 174. The molecule has 0 unspecified atom stereocenters. The van der Waals surface area contributed by atoms with E-state index in [1.54, 1.807) is 7.11 Å². The zero-order valence-corrected chi connectivity index (χ0v) is 7.73. The van der Waals surface area contributed by atoms with Crippen molar-refractivity contribution in [2.45, 2.75) is 43.6 Å². The number of rotatable bonds is 1. The van der Waals surface area contributed by atoms with Crippen LogP contribution in [0.1, 0.15) is 19.3 Å². The summed E-state index contributed by atoms with van der Waals surface area (Å²) >= 11 is 0. The first-order valence-corrected chi connectivity index (χ1v) is 4.65. The van der Waals surface area contributed by atoms with Crippen molar-refractivity contribution >= 4 is 0 Å². The first-order valence-electron chi connectivity index (χ1n) is 4.65. The van der Waals surface area contributed by atoms with Gasteiger partial charge in [0.15, 0.2) is 0 Å². The molecular formula is C9H17NO2. The SMILES string of the molecule is CO[C@H]1C[C@@H]2C[C@H](O)C[C@H]1N2C. The van der Waals surface area contributed by atoms with Gasteiger partial charge in [0.25, 0.3) is 0 Å². The molecule has 2 saturated heterocycles. The lowest BCUT2D eigenvalue weighted by atomic mass is 10.0. The molecule has 2 aliphatic heterocycles. The summed E-state index contributed by atoms with van der Waals surface area (Å²) in [5, 5.41) is 9.54. The van der Waals surface area contributed by atoms with Gasteiger partial charge in [0.05, 0.1) is 12.2 Å². The number of ether oxygens (including phenoxy) is 1. The molecule has 70 valence electrons. The Hall–Kier alpha value is -0.120. The number of fused-ring (bicyclic) bond motifs is 2. The minimum atomic E-state index is -0.101. The van der Waals surface area contributed by atoms with Gasteiger partial charge in [-0.25, -0.2) is 0 Å². The standard InChI is InChI=1S/C9H17NO2/c1-10-6-3-7(11)5-8(10)9(4-6)12-2/h6-9,11H,3-5H2,1-2H3/t6-,7-,8+,9-/m0/s1. The minimum Gasteiger partial charge on any atom is -0.393 e. The molecule has 0 saturated carbocycles. The fourth-order valence-electron chi connectivity index (χ4n) is 2.65. The van der Waals surface area contributed by atoms with Gasteiger partial charge in [0, 0.05) is 19.2 Å². The van der Waals surface area contributed by atoms with E-state index in [1.807, 2.05) is 0 Å². The number of aliphatic hydroxyl groups excluding tert-OH is 1. The maximum Gasteiger partial charge on any atom is 0.0742 e. The summed E-state index contributed by atoms with van der Waals surface area (Å²) in [6, 6.07) is 0.993. The zero-order chi connectivity index (χ0) is 8.72. The Morgan fingerprint density at radius 3 is 2.75 bits per heavy atom. The number of hydrogen-bond donors (Lipinski definition) is 1. The number of likely N-dealkylation sites (N-methyl/N-ethyl adjacent to an activating group) is 1. The van der Waals surface area contributed by atoms with Crippen LogP contribution in [-0.2, 0) is 4.74 Å². The molecular weight excluding hydrogens is 154 g/mol. The fraction of sp³-hybridized carbons (Fsp3) is 1.00. The van der Waals surface area contributed by atoms with E-state index in [1.165, 1.54) is 0 Å². The van der Waals surface area contributed by atoms with Crippen LogP contribution in [0.15, 0.2) is 0 Å². The first-order chi connectivity index (χ1) is 5.72. The highest BCUT2D eigenvalue weighted by atomic mass is 16.5. The summed E-state index contributed by atoms with van der Waals surface area (Å²) in [6.45, 7) is 0. The topological polar surface area (TPSA) is 32.7 Å². The monoisotopic (exact) mass is 171 g/mol. The number of aliphatic hydroxyl groups is 1. The van der Waals surface area contributed by atoms with Crippen molar-refractivity contribution < 1.29 is 9.84 Å². The third kappa shape index (κ3) is 1.16. The first kappa shape index (κ1) is 8.48. The van der Waals surface area contributed by atoms with E-state index in [9.17, 15) is 5.11 Å². The molecule has 0 aromatic rings. The van der Waals surface area contributed by atoms with Gasteiger partial charge in [-0.3, -0.25) is 4.90 Å². The predicted molar refractivity (Wildman–Crippen MR) is 46.0 cm³/mol. The van der Waals surface area contributed by atoms with Crippen LogP contribution in [-0.4, -0.2) is 48.5 Å². The van der Waals surface area contributed by atoms with Gasteiger partial charge in [0.2, 0.25) is 0 Å². The van der Waals surface area contributed by atoms with Crippen molar-refractivity contribution in [3.8, 4) is 0 Å². The van der Waals surface area contributed by atoms with Crippen LogP contribution in [0, 0.1) is 0 Å². The van der Waals surface area contributed by atoms with Crippen LogP contribution < -0.4 is 0 Å². The normalized spacial score (nSPS) is 48.2. The summed E-state index contributed by atoms with van der Waals surface area (Å²) in [7, 11) is 3.91. The van der Waals surface area contributed by atoms with Gasteiger partial charge < -0.3 is 9.84 Å². The van der Waals surface area contributed by atoms with Crippen LogP contribution in [0.4, 0.5) is 0 Å². The van der Waals surface area contributed by atoms with E-state index in [4.69, 9.17) is 4.74 Å². The Balaban J connectivity index is 2.11. The average Bonchev–Trinajstić information content (AvgIpc) is 2.27. The highest BCUT2D eigenvalue weighted by Gasteiger charge is 2.44. The number of methoxy groups -OCH3 is 1. The van der Waals surface area contributed by atoms with Crippen molar-refractivity contribution in [1.29, 1.82) is 0 Å². The molecule has 3 nitrogen and oxygen atoms in total. The molecule has 2 heterocycles. The summed E-state index contributed by atoms with van der Waals surface area (Å²) in [6.07, 6.45) is 3.14. The van der Waals surface area contributed by atoms with Crippen LogP contribution in [0.5, 0.6) is 0 Å². The van der Waals surface area contributed by atoms with Crippen LogP contribution >= 0.6 is 0 Å². The van der Waals surface area contributed by atoms with Gasteiger partial charge in [-0.05, 0) is 26.3 Å². The maximum absolute atomic E-state index is 9.54. The summed E-state index contributed by atoms with van der Waals surface area (Å²) < 4.78 is 5.39. The highest BCUT2D eigenvalue weighted by Crippen LogP contribution is 2.35. The Morgan fingerprint density at radius 2 is 2.08 bits per heavy atom. The third-order valence-corrected chi connectivity index (χ3v) is 3.39. The second-order valence-corrected chi connectivity index (χ2v) is 4.02. The van der Waals surface area contributed by atoms with Gasteiger partial charge in [-0.1, -0.05) is 0 Å². The highest BCUT2D eigenvalue weighted by molar-refractivity contribution is 4.99. The fourth-order valence-corrected chi connectivity index (χ4v) is 2.65. The second kappa shape index (κ2) is 2.98. The van der Waals surface area contributed by atoms with Crippen LogP contribution in [0.25, 0.3) is 0 Å². The van der Waals surface area contributed by atoms with E-state index < -0.39 is 0 Å². The van der Waals surface area contributed by atoms with Crippen molar-refractivity contribution in [3.05, 3.63) is 0 Å². The van der Waals surface area contributed by atoms with Crippen LogP contribution in [0.2, 0.25) is 0 Å². The smallest absolute Gasteiger partial charge is 0.0742 e. The number of piperidine rings is 1. The maximum atomic E-state index is 9.54. The molecule has 2 aliphatic rings. The number of nitrogens with zero attached hydrogens (tertiary/aromatic N) is 1. The third-order valence-electron chi connectivity index (χ3n) is 3.39. The van der Waals surface area contributed by atoms with Gasteiger partial charge in [-0.2, -0.15) is 0 Å². The van der Waals surface area contributed by atoms with Crippen molar-refractivity contribution in [2.75, 3.05) is 14.2 Å². The molecule has 3 heteroatoms. The van der Waals surface area contributed by atoms with Gasteiger partial charge >= 0.3 is 0 Å². The summed E-state index contributed by atoms with van der Waals surface area (Å²) in [5.74, 6) is 0. The van der Waals surface area contributed by atoms with Crippen molar-refractivity contribution in [2.24, 2.45) is 0 Å². The largest absolute Gasteiger partial charge is 0.393 e. The summed E-state index contributed by atoms with van der Waals surface area (Å²) in [4.78, 5) is 2.36. The predicted octanol–water partition coefficient (Wildman–Crippen LogP) is 0.229. The van der Waals surface area contributed by atoms with Crippen molar-refractivity contribution in [3.63, 3.8) is 0 Å². The van der Waals surface area contributed by atoms with Crippen molar-refractivity contribution in [1.82, 2.24) is 4.90 Å². The quantitative estimate of drug-likeness (QED) is 0.613. The lowest BCUT2D eigenvalue weighted by Gasteiger charge is -2.34. The molecule has 0 radical (unpaired) electrons. The van der Waals surface area contributed by atoms with E-state index in [-0.39, 0.29) is 6.10 Å². The van der Waals surface area contributed by atoms with E-state index in [0.29, 0.717) is 18.2 Å². The van der Waals surface area contributed by atoms with E-state index in [0.717, 1.165) is 19.3 Å². The Labute approximate surface area is 73.3 Å². The molecule has 0 spiro atoms. The Morgan fingerprint density at radius 1 is 1.33 bits per heavy atom. The Kier molecular flexibility index (Phi) is 2.10. The lowest BCUT2D eigenvalue weighted by Crippen LogP contribution is -2.44. The second-order valence-electron chi connectivity index (χ2n) is 4.02. The molecule has 0 aliphatic carbocycles. The van der Waals surface area contributed by atoms with Crippen LogP contribution in [0.3, 0.4) is 0 Å². The zero-order valence-electron chi connectivity index (χ0n) is 7.73. The summed E-state index contributed by atoms with van der Waals surface area (Å²) in [5.41, 5.74) is 0. The van der Waals surface area contributed by atoms with E-state index >= 15 is 0 Å². The van der Waals surface area contributed by atoms with Gasteiger partial charge in [-0.15, -0.1) is 0 Å². The van der Waals surface area contributed by atoms with Gasteiger partial charge in [0.1, 0.15) is 0 Å². The molecule has 12 heavy (non-hydrogen) atoms. The molecule has 2 bridgehead atoms. The molecule has 4 atom stereocenters. The molecule has 1 N–H and O–H groups in total.